The Kier molecular flexibility index (Phi) is 5.18. The number of aliphatic hydroxyl groups is 1. The van der Waals surface area contributed by atoms with Gasteiger partial charge in [0.25, 0.3) is 0 Å². The van der Waals surface area contributed by atoms with E-state index in [1.54, 1.807) is 7.11 Å². The normalized spacial score (nSPS) is 16.1. The van der Waals surface area contributed by atoms with Crippen LogP contribution >= 0.6 is 0 Å². The van der Waals surface area contributed by atoms with E-state index < -0.39 is 0 Å². The van der Waals surface area contributed by atoms with E-state index in [2.05, 4.69) is 20.4 Å². The zero-order chi connectivity index (χ0) is 9.61. The molecule has 0 spiro atoms. The van der Waals surface area contributed by atoms with Crippen LogP contribution in [0.2, 0.25) is 0 Å². The fourth-order valence-corrected chi connectivity index (χ4v) is 1.48. The van der Waals surface area contributed by atoms with Crippen molar-refractivity contribution in [2.75, 3.05) is 13.7 Å². The summed E-state index contributed by atoms with van der Waals surface area (Å²) in [7, 11) is 1.69. The molecular weight excluding hydrogens is 152 g/mol. The summed E-state index contributed by atoms with van der Waals surface area (Å²) in [6.45, 7) is 8.06. The number of hydrogen-bond donors (Lipinski definition) is 1. The van der Waals surface area contributed by atoms with Crippen LogP contribution in [0.25, 0.3) is 0 Å². The molecule has 1 N–H and O–H groups in total. The van der Waals surface area contributed by atoms with Crippen LogP contribution < -0.4 is 0 Å². The highest BCUT2D eigenvalue weighted by molar-refractivity contribution is 4.90. The molecule has 0 aromatic carbocycles. The molecule has 0 unspecified atom stereocenters. The Morgan fingerprint density at radius 3 is 2.42 bits per heavy atom. The molecule has 0 aliphatic carbocycles. The third-order valence-corrected chi connectivity index (χ3v) is 2.48. The maximum Gasteiger partial charge on any atom is 0.0757 e. The summed E-state index contributed by atoms with van der Waals surface area (Å²) in [6, 6.07) is 0. The number of rotatable bonds is 6. The molecule has 0 amide bonds. The maximum absolute atomic E-state index is 8.89. The van der Waals surface area contributed by atoms with E-state index in [0.29, 0.717) is 12.3 Å². The molecule has 72 valence electrons. The van der Waals surface area contributed by atoms with Crippen LogP contribution in [-0.4, -0.2) is 24.4 Å². The molecule has 1 atom stereocenters. The summed E-state index contributed by atoms with van der Waals surface area (Å²) in [5, 5.41) is 8.89. The van der Waals surface area contributed by atoms with Crippen molar-refractivity contribution < 1.29 is 9.84 Å². The molecule has 2 nitrogen and oxygen atoms in total. The van der Waals surface area contributed by atoms with Gasteiger partial charge in [0.2, 0.25) is 0 Å². The Morgan fingerprint density at radius 2 is 2.17 bits per heavy atom. The van der Waals surface area contributed by atoms with E-state index in [9.17, 15) is 0 Å². The lowest BCUT2D eigenvalue weighted by molar-refractivity contribution is -0.0608. The Hall–Kier alpha value is -0.340. The van der Waals surface area contributed by atoms with Crippen molar-refractivity contribution in [3.05, 3.63) is 12.7 Å². The highest BCUT2D eigenvalue weighted by Gasteiger charge is 2.31. The van der Waals surface area contributed by atoms with E-state index in [-0.39, 0.29) is 12.2 Å². The highest BCUT2D eigenvalue weighted by atomic mass is 16.5. The Bertz CT molecular complexity index is 132. The third kappa shape index (κ3) is 2.61. The van der Waals surface area contributed by atoms with E-state index >= 15 is 0 Å². The first kappa shape index (κ1) is 11.7. The van der Waals surface area contributed by atoms with Gasteiger partial charge in [0.1, 0.15) is 0 Å². The van der Waals surface area contributed by atoms with Crippen molar-refractivity contribution in [1.29, 1.82) is 0 Å². The van der Waals surface area contributed by atoms with Gasteiger partial charge in [0, 0.05) is 20.1 Å². The van der Waals surface area contributed by atoms with Crippen molar-refractivity contribution in [3.8, 4) is 0 Å². The van der Waals surface area contributed by atoms with Crippen molar-refractivity contribution in [2.24, 2.45) is 5.92 Å². The van der Waals surface area contributed by atoms with Crippen molar-refractivity contribution >= 4 is 0 Å². The smallest absolute Gasteiger partial charge is 0.0757 e. The summed E-state index contributed by atoms with van der Waals surface area (Å²) in [6.07, 6.45) is 3.31. The number of aliphatic hydroxyl groups excluding tert-OH is 1. The monoisotopic (exact) mass is 172 g/mol. The summed E-state index contributed by atoms with van der Waals surface area (Å²) >= 11 is 0. The third-order valence-electron chi connectivity index (χ3n) is 2.48. The predicted octanol–water partition coefficient (Wildman–Crippen LogP) is 1.99. The van der Waals surface area contributed by atoms with Gasteiger partial charge in [-0.1, -0.05) is 19.9 Å². The van der Waals surface area contributed by atoms with Crippen molar-refractivity contribution in [3.63, 3.8) is 0 Å². The summed E-state index contributed by atoms with van der Waals surface area (Å²) in [5.74, 6) is 0.396. The van der Waals surface area contributed by atoms with E-state index in [1.165, 1.54) is 0 Å². The molecule has 12 heavy (non-hydrogen) atoms. The van der Waals surface area contributed by atoms with Crippen LogP contribution in [0.1, 0.15) is 26.7 Å². The molecular formula is C10H20O2. The Labute approximate surface area is 75.2 Å². The highest BCUT2D eigenvalue weighted by Crippen LogP contribution is 2.29. The minimum atomic E-state index is -0.226. The van der Waals surface area contributed by atoms with Crippen molar-refractivity contribution in [2.45, 2.75) is 32.3 Å². The van der Waals surface area contributed by atoms with E-state index in [4.69, 9.17) is 9.84 Å². The first-order valence-corrected chi connectivity index (χ1v) is 4.40. The number of methoxy groups -OCH3 is 1. The van der Waals surface area contributed by atoms with Gasteiger partial charge in [-0.3, -0.25) is 0 Å². The Balaban J connectivity index is 4.38. The van der Waals surface area contributed by atoms with Gasteiger partial charge in [-0.05, 0) is 12.3 Å². The largest absolute Gasteiger partial charge is 0.396 e. The minimum absolute atomic E-state index is 0.167. The van der Waals surface area contributed by atoms with Crippen LogP contribution in [-0.2, 0) is 4.74 Å². The van der Waals surface area contributed by atoms with Crippen LogP contribution in [0.15, 0.2) is 12.7 Å². The predicted molar refractivity (Wildman–Crippen MR) is 51.1 cm³/mol. The molecule has 0 aromatic heterocycles. The molecule has 0 aliphatic rings. The zero-order valence-corrected chi connectivity index (χ0v) is 8.34. The molecule has 0 saturated heterocycles. The molecule has 0 fully saturated rings. The second kappa shape index (κ2) is 5.33. The quantitative estimate of drug-likeness (QED) is 0.621. The molecule has 0 aromatic rings. The lowest BCUT2D eigenvalue weighted by Gasteiger charge is -2.35. The average molecular weight is 172 g/mol. The second-order valence-corrected chi connectivity index (χ2v) is 3.39. The molecule has 0 saturated carbocycles. The topological polar surface area (TPSA) is 29.5 Å². The van der Waals surface area contributed by atoms with Gasteiger partial charge in [-0.25, -0.2) is 0 Å². The maximum atomic E-state index is 8.89. The van der Waals surface area contributed by atoms with Crippen LogP contribution in [0.3, 0.4) is 0 Å². The molecule has 0 rings (SSSR count). The van der Waals surface area contributed by atoms with Gasteiger partial charge in [0.05, 0.1) is 5.60 Å². The molecule has 0 aliphatic heterocycles. The van der Waals surface area contributed by atoms with Gasteiger partial charge >= 0.3 is 0 Å². The van der Waals surface area contributed by atoms with E-state index in [0.717, 1.165) is 6.42 Å². The van der Waals surface area contributed by atoms with Gasteiger partial charge in [0.15, 0.2) is 0 Å². The van der Waals surface area contributed by atoms with Gasteiger partial charge in [-0.2, -0.15) is 0 Å². The van der Waals surface area contributed by atoms with Gasteiger partial charge < -0.3 is 9.84 Å². The summed E-state index contributed by atoms with van der Waals surface area (Å²) < 4.78 is 5.45. The van der Waals surface area contributed by atoms with Gasteiger partial charge in [-0.15, -0.1) is 6.58 Å². The molecule has 0 bridgehead atoms. The zero-order valence-electron chi connectivity index (χ0n) is 8.34. The first-order chi connectivity index (χ1) is 5.63. The summed E-state index contributed by atoms with van der Waals surface area (Å²) in [4.78, 5) is 0. The lowest BCUT2D eigenvalue weighted by Crippen LogP contribution is -2.37. The molecule has 2 heteroatoms. The number of ether oxygens (including phenoxy) is 1. The minimum Gasteiger partial charge on any atom is -0.396 e. The van der Waals surface area contributed by atoms with Crippen molar-refractivity contribution in [1.82, 2.24) is 0 Å². The average Bonchev–Trinajstić information content (AvgIpc) is 2.03. The lowest BCUT2D eigenvalue weighted by atomic mass is 9.84. The van der Waals surface area contributed by atoms with E-state index in [1.807, 2.05) is 6.08 Å². The first-order valence-electron chi connectivity index (χ1n) is 4.40. The molecule has 0 radical (unpaired) electrons. The fraction of sp³-hybridized carbons (Fsp3) is 0.800. The SMILES string of the molecule is C=CC[C@@](CCO)(OC)C(C)C. The van der Waals surface area contributed by atoms with Crippen LogP contribution in [0, 0.1) is 5.92 Å². The standard InChI is InChI=1S/C10H20O2/c1-5-6-10(12-4,7-8-11)9(2)3/h5,9,11H,1,6-8H2,2-4H3/t10-/m0/s1. The number of hydrogen-bond acceptors (Lipinski definition) is 2. The fourth-order valence-electron chi connectivity index (χ4n) is 1.48. The van der Waals surface area contributed by atoms with Crippen LogP contribution in [0.4, 0.5) is 0 Å². The summed E-state index contributed by atoms with van der Waals surface area (Å²) in [5.41, 5.74) is -0.226. The van der Waals surface area contributed by atoms with Crippen LogP contribution in [0.5, 0.6) is 0 Å². The molecule has 0 heterocycles. The Morgan fingerprint density at radius 1 is 1.58 bits per heavy atom. The second-order valence-electron chi connectivity index (χ2n) is 3.39.